The minimum absolute atomic E-state index is 0.0753. The summed E-state index contributed by atoms with van der Waals surface area (Å²) >= 11 is 0. The monoisotopic (exact) mass is 345 g/mol. The molecule has 0 saturated carbocycles. The molecule has 130 valence electrons. The number of carbonyl (C=O) groups is 1. The number of aryl methyl sites for hydroxylation is 1. The van der Waals surface area contributed by atoms with Gasteiger partial charge in [-0.3, -0.25) is 4.79 Å². The second kappa shape index (κ2) is 7.11. The van der Waals surface area contributed by atoms with Gasteiger partial charge in [0.1, 0.15) is 6.04 Å². The molecular formula is C20H19N5O. The van der Waals surface area contributed by atoms with Gasteiger partial charge in [-0.05, 0) is 31.0 Å². The van der Waals surface area contributed by atoms with Crippen LogP contribution in [-0.4, -0.2) is 16.8 Å². The zero-order chi connectivity index (χ0) is 18.7. The molecule has 0 aromatic heterocycles. The van der Waals surface area contributed by atoms with Crippen LogP contribution in [0, 0.1) is 18.4 Å². The highest BCUT2D eigenvalue weighted by molar-refractivity contribution is 6.07. The average molecular weight is 345 g/mol. The van der Waals surface area contributed by atoms with Crippen LogP contribution in [0.4, 0.5) is 5.69 Å². The minimum atomic E-state index is -0.565. The molecule has 26 heavy (non-hydrogen) atoms. The van der Waals surface area contributed by atoms with Crippen molar-refractivity contribution in [1.29, 1.82) is 5.26 Å². The van der Waals surface area contributed by atoms with Crippen molar-refractivity contribution in [2.45, 2.75) is 19.9 Å². The molecule has 1 amide bonds. The molecule has 1 atom stereocenters. The van der Waals surface area contributed by atoms with Crippen LogP contribution in [0.5, 0.6) is 0 Å². The lowest BCUT2D eigenvalue weighted by Crippen LogP contribution is -2.39. The first-order chi connectivity index (χ1) is 12.5. The first-order valence-electron chi connectivity index (χ1n) is 8.18. The molecule has 2 aromatic rings. The van der Waals surface area contributed by atoms with Crippen molar-refractivity contribution in [3.05, 3.63) is 77.0 Å². The number of carbonyl (C=O) groups excluding carboxylic acids is 1. The first kappa shape index (κ1) is 17.2. The van der Waals surface area contributed by atoms with Crippen LogP contribution in [0.2, 0.25) is 0 Å². The Kier molecular flexibility index (Phi) is 4.72. The van der Waals surface area contributed by atoms with Crippen molar-refractivity contribution < 1.29 is 4.79 Å². The van der Waals surface area contributed by atoms with E-state index in [2.05, 4.69) is 10.3 Å². The van der Waals surface area contributed by atoms with Crippen LogP contribution < -0.4 is 11.1 Å². The number of benzene rings is 2. The number of rotatable bonds is 3. The molecule has 6 heteroatoms. The van der Waals surface area contributed by atoms with E-state index in [1.165, 1.54) is 4.90 Å². The summed E-state index contributed by atoms with van der Waals surface area (Å²) in [7, 11) is 0. The molecule has 1 unspecified atom stereocenters. The maximum atomic E-state index is 13.1. The third-order valence-corrected chi connectivity index (χ3v) is 4.34. The Bertz CT molecular complexity index is 940. The number of amides is 1. The molecule has 3 N–H and O–H groups in total. The van der Waals surface area contributed by atoms with Gasteiger partial charge < -0.3 is 11.1 Å². The van der Waals surface area contributed by atoms with Gasteiger partial charge in [0.25, 0.3) is 5.91 Å². The molecule has 1 heterocycles. The lowest BCUT2D eigenvalue weighted by molar-refractivity contribution is -0.113. The molecule has 6 nitrogen and oxygen atoms in total. The molecule has 2 aromatic carbocycles. The third-order valence-electron chi connectivity index (χ3n) is 4.34. The summed E-state index contributed by atoms with van der Waals surface area (Å²) in [5.41, 5.74) is 9.31. The van der Waals surface area contributed by atoms with Crippen LogP contribution in [-0.2, 0) is 4.79 Å². The SMILES string of the molecule is CC1=C(C(=O)Nc2ccccc2C)C(c2ccccc2)N=C(N)N1C#N. The molecule has 0 saturated heterocycles. The summed E-state index contributed by atoms with van der Waals surface area (Å²) in [4.78, 5) is 18.6. The average Bonchev–Trinajstić information content (AvgIpc) is 2.64. The van der Waals surface area contributed by atoms with E-state index in [0.717, 1.165) is 16.8 Å². The largest absolute Gasteiger partial charge is 0.369 e. The topological polar surface area (TPSA) is 94.5 Å². The van der Waals surface area contributed by atoms with Gasteiger partial charge in [0, 0.05) is 11.4 Å². The smallest absolute Gasteiger partial charge is 0.255 e. The molecule has 3 rings (SSSR count). The van der Waals surface area contributed by atoms with Crippen LogP contribution >= 0.6 is 0 Å². The first-order valence-corrected chi connectivity index (χ1v) is 8.18. The maximum Gasteiger partial charge on any atom is 0.255 e. The number of nitrogens with zero attached hydrogens (tertiary/aromatic N) is 3. The fourth-order valence-electron chi connectivity index (χ4n) is 2.94. The van der Waals surface area contributed by atoms with Crippen molar-refractivity contribution in [2.24, 2.45) is 10.7 Å². The summed E-state index contributed by atoms with van der Waals surface area (Å²) in [5.74, 6) is -0.228. The number of guanidine groups is 1. The number of nitrogens with one attached hydrogen (secondary N) is 1. The molecule has 1 aliphatic heterocycles. The summed E-state index contributed by atoms with van der Waals surface area (Å²) in [5, 5.41) is 12.3. The number of para-hydroxylation sites is 1. The predicted molar refractivity (Wildman–Crippen MR) is 101 cm³/mol. The molecule has 0 aliphatic carbocycles. The number of nitriles is 1. The summed E-state index contributed by atoms with van der Waals surface area (Å²) in [6.07, 6.45) is 1.98. The number of hydrogen-bond acceptors (Lipinski definition) is 5. The van der Waals surface area contributed by atoms with Crippen LogP contribution in [0.25, 0.3) is 0 Å². The molecule has 1 aliphatic rings. The second-order valence-electron chi connectivity index (χ2n) is 6.00. The Morgan fingerprint density at radius 3 is 2.46 bits per heavy atom. The lowest BCUT2D eigenvalue weighted by Gasteiger charge is -2.29. The van der Waals surface area contributed by atoms with Crippen molar-refractivity contribution in [2.75, 3.05) is 5.32 Å². The van der Waals surface area contributed by atoms with E-state index in [4.69, 9.17) is 5.73 Å². The summed E-state index contributed by atoms with van der Waals surface area (Å²) < 4.78 is 0. The minimum Gasteiger partial charge on any atom is -0.369 e. The number of nitrogens with two attached hydrogens (primary N) is 1. The predicted octanol–water partition coefficient (Wildman–Crippen LogP) is 3.06. The van der Waals surface area contributed by atoms with Gasteiger partial charge in [-0.15, -0.1) is 0 Å². The standard InChI is InChI=1S/C20H19N5O/c1-13-8-6-7-11-16(13)23-19(26)17-14(2)25(12-21)20(22)24-18(17)15-9-4-3-5-10-15/h3-11,18H,1-2H3,(H2,22,24)(H,23,26). The van der Waals surface area contributed by atoms with E-state index in [1.54, 1.807) is 6.92 Å². The fourth-order valence-corrected chi connectivity index (χ4v) is 2.94. The zero-order valence-corrected chi connectivity index (χ0v) is 14.6. The molecule has 0 radical (unpaired) electrons. The van der Waals surface area contributed by atoms with E-state index in [9.17, 15) is 10.1 Å². The Balaban J connectivity index is 2.04. The Morgan fingerprint density at radius 1 is 1.15 bits per heavy atom. The van der Waals surface area contributed by atoms with Gasteiger partial charge in [0.05, 0.1) is 5.57 Å². The summed E-state index contributed by atoms with van der Waals surface area (Å²) in [6, 6.07) is 16.4. The molecular weight excluding hydrogens is 326 g/mol. The number of anilines is 1. The third kappa shape index (κ3) is 3.15. The Hall–Kier alpha value is -3.59. The van der Waals surface area contributed by atoms with Gasteiger partial charge in [-0.2, -0.15) is 5.26 Å². The van der Waals surface area contributed by atoms with Crippen molar-refractivity contribution in [3.63, 3.8) is 0 Å². The van der Waals surface area contributed by atoms with Crippen molar-refractivity contribution >= 4 is 17.6 Å². The fraction of sp³-hybridized carbons (Fsp3) is 0.150. The van der Waals surface area contributed by atoms with Gasteiger partial charge in [-0.1, -0.05) is 48.5 Å². The van der Waals surface area contributed by atoms with E-state index in [1.807, 2.05) is 67.7 Å². The van der Waals surface area contributed by atoms with E-state index >= 15 is 0 Å². The number of hydrogen-bond donors (Lipinski definition) is 2. The Labute approximate surface area is 152 Å². The molecule has 0 bridgehead atoms. The number of allylic oxidation sites excluding steroid dienone is 1. The van der Waals surface area contributed by atoms with Crippen LogP contribution in [0.1, 0.15) is 24.1 Å². The van der Waals surface area contributed by atoms with Crippen LogP contribution in [0.15, 0.2) is 70.9 Å². The van der Waals surface area contributed by atoms with Gasteiger partial charge >= 0.3 is 0 Å². The lowest BCUT2D eigenvalue weighted by atomic mass is 9.95. The highest BCUT2D eigenvalue weighted by atomic mass is 16.1. The van der Waals surface area contributed by atoms with Gasteiger partial charge in [0.15, 0.2) is 6.19 Å². The Morgan fingerprint density at radius 2 is 1.81 bits per heavy atom. The highest BCUT2D eigenvalue weighted by Crippen LogP contribution is 2.33. The van der Waals surface area contributed by atoms with E-state index in [0.29, 0.717) is 11.3 Å². The second-order valence-corrected chi connectivity index (χ2v) is 6.00. The normalized spacial score (nSPS) is 16.7. The van der Waals surface area contributed by atoms with E-state index in [-0.39, 0.29) is 11.9 Å². The van der Waals surface area contributed by atoms with Crippen molar-refractivity contribution in [3.8, 4) is 6.19 Å². The quantitative estimate of drug-likeness (QED) is 0.836. The zero-order valence-electron chi connectivity index (χ0n) is 14.6. The van der Waals surface area contributed by atoms with Gasteiger partial charge in [0.2, 0.25) is 5.96 Å². The van der Waals surface area contributed by atoms with E-state index < -0.39 is 6.04 Å². The van der Waals surface area contributed by atoms with Crippen molar-refractivity contribution in [1.82, 2.24) is 4.90 Å². The van der Waals surface area contributed by atoms with Crippen LogP contribution in [0.3, 0.4) is 0 Å². The summed E-state index contributed by atoms with van der Waals surface area (Å²) in [6.45, 7) is 3.62. The maximum absolute atomic E-state index is 13.1. The number of aliphatic imine (C=N–C) groups is 1. The molecule has 0 spiro atoms. The highest BCUT2D eigenvalue weighted by Gasteiger charge is 2.32. The molecule has 0 fully saturated rings. The van der Waals surface area contributed by atoms with Gasteiger partial charge in [-0.25, -0.2) is 9.89 Å².